The lowest BCUT2D eigenvalue weighted by molar-refractivity contribution is -0.169. The quantitative estimate of drug-likeness (QED) is 0.466. The number of methoxy groups -OCH3 is 2. The van der Waals surface area contributed by atoms with Crippen LogP contribution in [0.2, 0.25) is 5.02 Å². The Balaban J connectivity index is 1.44. The number of rotatable bonds is 9. The monoisotopic (exact) mass is 557 g/mol. The van der Waals surface area contributed by atoms with Crippen LogP contribution in [-0.4, -0.2) is 74.8 Å². The Kier molecular flexibility index (Phi) is 8.77. The van der Waals surface area contributed by atoms with E-state index in [2.05, 4.69) is 9.88 Å². The van der Waals surface area contributed by atoms with Crippen molar-refractivity contribution in [1.82, 2.24) is 4.98 Å². The molecule has 0 saturated carbocycles. The number of alkyl halides is 3. The van der Waals surface area contributed by atoms with E-state index in [0.717, 1.165) is 5.69 Å². The Morgan fingerprint density at radius 3 is 2.58 bits per heavy atom. The zero-order chi connectivity index (χ0) is 27.4. The normalized spacial score (nSPS) is 23.9. The van der Waals surface area contributed by atoms with Crippen LogP contribution in [0.15, 0.2) is 36.5 Å². The van der Waals surface area contributed by atoms with Crippen LogP contribution in [0.3, 0.4) is 0 Å². The second-order valence-corrected chi connectivity index (χ2v) is 10.1. The average molecular weight is 558 g/mol. The predicted octanol–water partition coefficient (Wildman–Crippen LogP) is 4.90. The number of carboxylic acids is 1. The number of nitrogens with zero attached hydrogens (tertiary/aromatic N) is 3. The largest absolute Gasteiger partial charge is 0.490 e. The summed E-state index contributed by atoms with van der Waals surface area (Å²) in [7, 11) is 3.18. The van der Waals surface area contributed by atoms with Crippen molar-refractivity contribution in [3.8, 4) is 11.6 Å². The lowest BCUT2D eigenvalue weighted by atomic mass is 9.94. The lowest BCUT2D eigenvalue weighted by Crippen LogP contribution is -2.47. The molecule has 0 radical (unpaired) electrons. The third-order valence-electron chi connectivity index (χ3n) is 7.15. The van der Waals surface area contributed by atoms with Crippen molar-refractivity contribution in [3.05, 3.63) is 41.6 Å². The maximum absolute atomic E-state index is 13.4. The molecular weight excluding hydrogens is 527 g/mol. The molecule has 3 heterocycles. The molecule has 4 rings (SSSR count). The summed E-state index contributed by atoms with van der Waals surface area (Å²) < 4.78 is 57.1. The highest BCUT2D eigenvalue weighted by molar-refractivity contribution is 6.33. The molecule has 1 aromatic heterocycles. The highest BCUT2D eigenvalue weighted by atomic mass is 35.5. The van der Waals surface area contributed by atoms with E-state index in [9.17, 15) is 23.1 Å². The molecule has 2 aromatic rings. The highest BCUT2D eigenvalue weighted by Gasteiger charge is 2.48. The van der Waals surface area contributed by atoms with Gasteiger partial charge in [0.1, 0.15) is 11.9 Å². The molecule has 2 fully saturated rings. The fraction of sp³-hybridized carbons (Fsp3) is 0.538. The van der Waals surface area contributed by atoms with Crippen LogP contribution in [0.5, 0.6) is 11.6 Å². The molecule has 2 aliphatic heterocycles. The average Bonchev–Trinajstić information content (AvgIpc) is 3.30. The number of piperidine rings is 1. The lowest BCUT2D eigenvalue weighted by Gasteiger charge is -2.39. The first-order chi connectivity index (χ1) is 18.1. The van der Waals surface area contributed by atoms with E-state index in [1.54, 1.807) is 50.7 Å². The second kappa shape index (κ2) is 11.9. The number of aromatic nitrogens is 1. The standard InChI is InChI=1S/C26H31ClF3N3O5/c1-36-15-16-13-32(22-11-24(37-2)31-12-21(22)27)8-7-23(16)38-20-5-3-18(4-6-20)33-14-17(26(28,29)30)9-19(33)10-25(34)35/h3-6,11-12,16-17,19,23H,7-10,13-15H2,1-2H3,(H,34,35). The van der Waals surface area contributed by atoms with Crippen LogP contribution >= 0.6 is 11.6 Å². The van der Waals surface area contributed by atoms with Crippen LogP contribution in [0, 0.1) is 11.8 Å². The Morgan fingerprint density at radius 2 is 1.95 bits per heavy atom. The molecule has 1 aromatic carbocycles. The molecular formula is C26H31ClF3N3O5. The Morgan fingerprint density at radius 1 is 1.21 bits per heavy atom. The van der Waals surface area contributed by atoms with Gasteiger partial charge < -0.3 is 29.1 Å². The number of halogens is 4. The fourth-order valence-electron chi connectivity index (χ4n) is 5.28. The van der Waals surface area contributed by atoms with Gasteiger partial charge in [-0.05, 0) is 30.7 Å². The first-order valence-electron chi connectivity index (χ1n) is 12.3. The summed E-state index contributed by atoms with van der Waals surface area (Å²) in [6, 6.07) is 7.88. The van der Waals surface area contributed by atoms with Gasteiger partial charge in [0.2, 0.25) is 5.88 Å². The summed E-state index contributed by atoms with van der Waals surface area (Å²) >= 11 is 6.40. The van der Waals surface area contributed by atoms with Gasteiger partial charge in [-0.2, -0.15) is 13.2 Å². The summed E-state index contributed by atoms with van der Waals surface area (Å²) in [5.41, 5.74) is 1.36. The van der Waals surface area contributed by atoms with Crippen molar-refractivity contribution in [2.75, 3.05) is 50.3 Å². The molecule has 0 amide bonds. The first kappa shape index (κ1) is 28.1. The minimum absolute atomic E-state index is 0.0229. The van der Waals surface area contributed by atoms with Gasteiger partial charge in [-0.3, -0.25) is 4.79 Å². The Hall–Kier alpha value is -2.92. The smallest absolute Gasteiger partial charge is 0.393 e. The van der Waals surface area contributed by atoms with Gasteiger partial charge >= 0.3 is 12.1 Å². The molecule has 208 valence electrons. The number of benzene rings is 1. The topological polar surface area (TPSA) is 84.4 Å². The number of hydrogen-bond donors (Lipinski definition) is 1. The number of anilines is 2. The van der Waals surface area contributed by atoms with Gasteiger partial charge in [0.25, 0.3) is 0 Å². The van der Waals surface area contributed by atoms with Crippen molar-refractivity contribution in [2.24, 2.45) is 11.8 Å². The maximum atomic E-state index is 13.4. The van der Waals surface area contributed by atoms with E-state index < -0.39 is 24.1 Å². The highest BCUT2D eigenvalue weighted by Crippen LogP contribution is 2.40. The van der Waals surface area contributed by atoms with Crippen LogP contribution < -0.4 is 19.3 Å². The molecule has 1 N–H and O–H groups in total. The second-order valence-electron chi connectivity index (χ2n) is 9.66. The van der Waals surface area contributed by atoms with E-state index in [1.165, 1.54) is 4.90 Å². The van der Waals surface area contributed by atoms with Gasteiger partial charge in [0, 0.05) is 56.9 Å². The molecule has 4 unspecified atom stereocenters. The van der Waals surface area contributed by atoms with E-state index in [-0.39, 0.29) is 31.4 Å². The van der Waals surface area contributed by atoms with Crippen LogP contribution in [0.4, 0.5) is 24.5 Å². The Labute approximate surface area is 224 Å². The van der Waals surface area contributed by atoms with Crippen molar-refractivity contribution in [1.29, 1.82) is 0 Å². The van der Waals surface area contributed by atoms with E-state index in [1.807, 2.05) is 0 Å². The Bertz CT molecular complexity index is 1100. The molecule has 2 saturated heterocycles. The molecule has 2 aliphatic rings. The molecule has 0 aliphatic carbocycles. The van der Waals surface area contributed by atoms with E-state index >= 15 is 0 Å². The van der Waals surface area contributed by atoms with E-state index in [0.29, 0.717) is 48.5 Å². The number of carbonyl (C=O) groups is 1. The third kappa shape index (κ3) is 6.55. The molecule has 0 spiro atoms. The maximum Gasteiger partial charge on any atom is 0.393 e. The molecule has 0 bridgehead atoms. The predicted molar refractivity (Wildman–Crippen MR) is 136 cm³/mol. The number of pyridine rings is 1. The van der Waals surface area contributed by atoms with Gasteiger partial charge in [-0.15, -0.1) is 0 Å². The minimum Gasteiger partial charge on any atom is -0.490 e. The molecule has 4 atom stereocenters. The van der Waals surface area contributed by atoms with Crippen molar-refractivity contribution in [2.45, 2.75) is 37.6 Å². The number of hydrogen-bond acceptors (Lipinski definition) is 7. The van der Waals surface area contributed by atoms with Gasteiger partial charge in [-0.1, -0.05) is 11.6 Å². The summed E-state index contributed by atoms with van der Waals surface area (Å²) in [6.45, 7) is 1.51. The summed E-state index contributed by atoms with van der Waals surface area (Å²) in [5, 5.41) is 9.72. The summed E-state index contributed by atoms with van der Waals surface area (Å²) in [6.07, 6.45) is -2.86. The zero-order valence-electron chi connectivity index (χ0n) is 21.2. The van der Waals surface area contributed by atoms with Gasteiger partial charge in [-0.25, -0.2) is 4.98 Å². The van der Waals surface area contributed by atoms with Crippen LogP contribution in [0.1, 0.15) is 19.3 Å². The van der Waals surface area contributed by atoms with Crippen molar-refractivity contribution >= 4 is 28.9 Å². The number of carboxylic acid groups (broad SMARTS) is 1. The number of ether oxygens (including phenoxy) is 3. The number of aliphatic carboxylic acids is 1. The summed E-state index contributed by atoms with van der Waals surface area (Å²) in [5.74, 6) is -1.61. The van der Waals surface area contributed by atoms with Gasteiger partial charge in [0.05, 0.1) is 43.0 Å². The van der Waals surface area contributed by atoms with Crippen molar-refractivity contribution in [3.63, 3.8) is 0 Å². The molecule has 8 nitrogen and oxygen atoms in total. The third-order valence-corrected chi connectivity index (χ3v) is 7.44. The fourth-order valence-corrected chi connectivity index (χ4v) is 5.50. The van der Waals surface area contributed by atoms with Crippen LogP contribution in [0.25, 0.3) is 0 Å². The minimum atomic E-state index is -4.37. The first-order valence-corrected chi connectivity index (χ1v) is 12.7. The SMILES string of the molecule is COCC1CN(c2cc(OC)ncc2Cl)CCC1Oc1ccc(N2CC(C(F)(F)F)CC2CC(=O)O)cc1. The van der Waals surface area contributed by atoms with Crippen LogP contribution in [-0.2, 0) is 9.53 Å². The molecule has 38 heavy (non-hydrogen) atoms. The van der Waals surface area contributed by atoms with Gasteiger partial charge in [0.15, 0.2) is 0 Å². The summed E-state index contributed by atoms with van der Waals surface area (Å²) in [4.78, 5) is 19.1. The molecule has 12 heteroatoms. The van der Waals surface area contributed by atoms with E-state index in [4.69, 9.17) is 25.8 Å². The zero-order valence-corrected chi connectivity index (χ0v) is 21.9. The van der Waals surface area contributed by atoms with Crippen molar-refractivity contribution < 1.29 is 37.3 Å².